The third-order valence-corrected chi connectivity index (χ3v) is 3.85. The van der Waals surface area contributed by atoms with Crippen LogP contribution in [-0.2, 0) is 23.7 Å². The highest BCUT2D eigenvalue weighted by atomic mass is 16.7. The number of hydrogen-bond donors (Lipinski definition) is 0. The van der Waals surface area contributed by atoms with Gasteiger partial charge in [0.2, 0.25) is 0 Å². The standard InChI is InChI=1S/C18H34O5/c1-2-21-17(19)11-10-14-20-13-7-4-3-5-8-15-22-18-12-6-9-16-23-18/h18H,2-16H2,1H3. The fraction of sp³-hybridized carbons (Fsp3) is 0.944. The maximum absolute atomic E-state index is 11.1. The molecule has 0 N–H and O–H groups in total. The minimum Gasteiger partial charge on any atom is -0.466 e. The van der Waals surface area contributed by atoms with Gasteiger partial charge >= 0.3 is 5.97 Å². The summed E-state index contributed by atoms with van der Waals surface area (Å²) in [6, 6.07) is 0. The second-order valence-corrected chi connectivity index (χ2v) is 5.96. The molecule has 0 aromatic heterocycles. The first-order valence-corrected chi connectivity index (χ1v) is 9.29. The van der Waals surface area contributed by atoms with Gasteiger partial charge in [0.1, 0.15) is 0 Å². The summed E-state index contributed by atoms with van der Waals surface area (Å²) in [6.45, 7) is 5.38. The van der Waals surface area contributed by atoms with Gasteiger partial charge in [0.25, 0.3) is 0 Å². The van der Waals surface area contributed by atoms with Crippen LogP contribution >= 0.6 is 0 Å². The summed E-state index contributed by atoms with van der Waals surface area (Å²) in [5.74, 6) is -0.128. The molecule has 5 heteroatoms. The first-order valence-electron chi connectivity index (χ1n) is 9.29. The first kappa shape index (κ1) is 20.4. The topological polar surface area (TPSA) is 54.0 Å². The van der Waals surface area contributed by atoms with Crippen LogP contribution < -0.4 is 0 Å². The second kappa shape index (κ2) is 14.9. The third-order valence-electron chi connectivity index (χ3n) is 3.85. The van der Waals surface area contributed by atoms with Gasteiger partial charge in [-0.15, -0.1) is 0 Å². The third kappa shape index (κ3) is 12.4. The molecule has 1 atom stereocenters. The van der Waals surface area contributed by atoms with E-state index in [4.69, 9.17) is 18.9 Å². The molecule has 0 radical (unpaired) electrons. The molecule has 1 aliphatic rings. The van der Waals surface area contributed by atoms with Crippen LogP contribution in [0.25, 0.3) is 0 Å². The van der Waals surface area contributed by atoms with Crippen molar-refractivity contribution >= 4 is 5.97 Å². The predicted octanol–water partition coefficient (Wildman–Crippen LogP) is 3.84. The minimum atomic E-state index is -0.128. The number of ether oxygens (including phenoxy) is 4. The number of rotatable bonds is 14. The lowest BCUT2D eigenvalue weighted by Gasteiger charge is -2.22. The second-order valence-electron chi connectivity index (χ2n) is 5.96. The van der Waals surface area contributed by atoms with Gasteiger partial charge < -0.3 is 18.9 Å². The fourth-order valence-corrected chi connectivity index (χ4v) is 2.55. The average Bonchev–Trinajstić information content (AvgIpc) is 2.57. The monoisotopic (exact) mass is 330 g/mol. The van der Waals surface area contributed by atoms with Crippen molar-refractivity contribution in [3.05, 3.63) is 0 Å². The molecule has 0 saturated carbocycles. The average molecular weight is 330 g/mol. The molecule has 5 nitrogen and oxygen atoms in total. The van der Waals surface area contributed by atoms with Gasteiger partial charge in [-0.25, -0.2) is 0 Å². The van der Waals surface area contributed by atoms with Gasteiger partial charge in [0.15, 0.2) is 6.29 Å². The molecular weight excluding hydrogens is 296 g/mol. The van der Waals surface area contributed by atoms with Gasteiger partial charge in [-0.3, -0.25) is 4.79 Å². The molecule has 0 aliphatic carbocycles. The molecule has 0 aromatic rings. The molecule has 1 rings (SSSR count). The summed E-state index contributed by atoms with van der Waals surface area (Å²) in [4.78, 5) is 11.1. The lowest BCUT2D eigenvalue weighted by atomic mass is 10.1. The van der Waals surface area contributed by atoms with E-state index < -0.39 is 0 Å². The van der Waals surface area contributed by atoms with Gasteiger partial charge in [-0.1, -0.05) is 19.3 Å². The minimum absolute atomic E-state index is 0.0479. The van der Waals surface area contributed by atoms with Crippen molar-refractivity contribution < 1.29 is 23.7 Å². The van der Waals surface area contributed by atoms with E-state index in [1.165, 1.54) is 32.1 Å². The number of carbonyl (C=O) groups is 1. The predicted molar refractivity (Wildman–Crippen MR) is 89.3 cm³/mol. The van der Waals surface area contributed by atoms with E-state index in [0.29, 0.717) is 19.6 Å². The lowest BCUT2D eigenvalue weighted by Crippen LogP contribution is -2.22. The molecule has 136 valence electrons. The smallest absolute Gasteiger partial charge is 0.305 e. The van der Waals surface area contributed by atoms with Crippen LogP contribution in [0, 0.1) is 0 Å². The number of hydrogen-bond acceptors (Lipinski definition) is 5. The van der Waals surface area contributed by atoms with E-state index in [1.54, 1.807) is 0 Å². The zero-order chi connectivity index (χ0) is 16.6. The summed E-state index contributed by atoms with van der Waals surface area (Å²) in [5, 5.41) is 0. The summed E-state index contributed by atoms with van der Waals surface area (Å²) < 4.78 is 21.6. The number of carbonyl (C=O) groups excluding carboxylic acids is 1. The van der Waals surface area contributed by atoms with E-state index in [0.717, 1.165) is 45.5 Å². The molecular formula is C18H34O5. The Morgan fingerprint density at radius 2 is 1.74 bits per heavy atom. The summed E-state index contributed by atoms with van der Waals surface area (Å²) in [7, 11) is 0. The molecule has 0 aromatic carbocycles. The summed E-state index contributed by atoms with van der Waals surface area (Å²) in [6.07, 6.45) is 10.5. The Bertz CT molecular complexity index is 277. The molecule has 23 heavy (non-hydrogen) atoms. The first-order chi connectivity index (χ1) is 11.3. The highest BCUT2D eigenvalue weighted by Crippen LogP contribution is 2.14. The Hall–Kier alpha value is -0.650. The van der Waals surface area contributed by atoms with Crippen molar-refractivity contribution in [1.29, 1.82) is 0 Å². The van der Waals surface area contributed by atoms with Crippen LogP contribution in [0.2, 0.25) is 0 Å². The Kier molecular flexibility index (Phi) is 13.2. The Labute approximate surface area is 141 Å². The van der Waals surface area contributed by atoms with Crippen LogP contribution in [-0.4, -0.2) is 45.3 Å². The van der Waals surface area contributed by atoms with Crippen molar-refractivity contribution in [2.24, 2.45) is 0 Å². The molecule has 1 fully saturated rings. The van der Waals surface area contributed by atoms with E-state index in [2.05, 4.69) is 0 Å². The SMILES string of the molecule is CCOC(=O)CCCOCCCCCCCOC1CCCCO1. The normalized spacial score (nSPS) is 18.0. The molecule has 0 bridgehead atoms. The van der Waals surface area contributed by atoms with Crippen LogP contribution in [0.5, 0.6) is 0 Å². The zero-order valence-electron chi connectivity index (χ0n) is 14.7. The van der Waals surface area contributed by atoms with E-state index in [-0.39, 0.29) is 12.3 Å². The molecule has 1 unspecified atom stereocenters. The van der Waals surface area contributed by atoms with Crippen LogP contribution in [0.3, 0.4) is 0 Å². The maximum Gasteiger partial charge on any atom is 0.305 e. The largest absolute Gasteiger partial charge is 0.466 e. The van der Waals surface area contributed by atoms with Crippen LogP contribution in [0.15, 0.2) is 0 Å². The van der Waals surface area contributed by atoms with Gasteiger partial charge in [0.05, 0.1) is 6.61 Å². The van der Waals surface area contributed by atoms with E-state index >= 15 is 0 Å². The highest BCUT2D eigenvalue weighted by molar-refractivity contribution is 5.69. The molecule has 0 amide bonds. The lowest BCUT2D eigenvalue weighted by molar-refractivity contribution is -0.162. The van der Waals surface area contributed by atoms with Gasteiger partial charge in [-0.05, 0) is 45.4 Å². The van der Waals surface area contributed by atoms with E-state index in [1.807, 2.05) is 6.92 Å². The molecule has 0 spiro atoms. The molecule has 1 heterocycles. The molecule has 1 saturated heterocycles. The molecule has 1 aliphatic heterocycles. The van der Waals surface area contributed by atoms with Crippen molar-refractivity contribution in [1.82, 2.24) is 0 Å². The van der Waals surface area contributed by atoms with Gasteiger partial charge in [0, 0.05) is 32.8 Å². The Morgan fingerprint density at radius 1 is 1.00 bits per heavy atom. The van der Waals surface area contributed by atoms with Crippen molar-refractivity contribution in [2.75, 3.05) is 33.0 Å². The van der Waals surface area contributed by atoms with Crippen molar-refractivity contribution in [3.8, 4) is 0 Å². The fourth-order valence-electron chi connectivity index (χ4n) is 2.55. The van der Waals surface area contributed by atoms with Gasteiger partial charge in [-0.2, -0.15) is 0 Å². The van der Waals surface area contributed by atoms with Crippen LogP contribution in [0.4, 0.5) is 0 Å². The number of unbranched alkanes of at least 4 members (excludes halogenated alkanes) is 4. The quantitative estimate of drug-likeness (QED) is 0.358. The van der Waals surface area contributed by atoms with E-state index in [9.17, 15) is 4.79 Å². The van der Waals surface area contributed by atoms with Crippen LogP contribution in [0.1, 0.15) is 71.1 Å². The summed E-state index contributed by atoms with van der Waals surface area (Å²) >= 11 is 0. The Balaban J connectivity index is 1.72. The summed E-state index contributed by atoms with van der Waals surface area (Å²) in [5.41, 5.74) is 0. The number of esters is 1. The maximum atomic E-state index is 11.1. The Morgan fingerprint density at radius 3 is 2.48 bits per heavy atom. The zero-order valence-corrected chi connectivity index (χ0v) is 14.7. The highest BCUT2D eigenvalue weighted by Gasteiger charge is 2.13. The van der Waals surface area contributed by atoms with Crippen molar-refractivity contribution in [2.45, 2.75) is 77.4 Å². The van der Waals surface area contributed by atoms with Crippen molar-refractivity contribution in [3.63, 3.8) is 0 Å².